The fourth-order valence-electron chi connectivity index (χ4n) is 1.93. The van der Waals surface area contributed by atoms with Crippen molar-refractivity contribution >= 4 is 11.6 Å². The monoisotopic (exact) mass is 217 g/mol. The van der Waals surface area contributed by atoms with E-state index in [2.05, 4.69) is 30.4 Å². The summed E-state index contributed by atoms with van der Waals surface area (Å²) >= 11 is 0. The third-order valence-electron chi connectivity index (χ3n) is 3.44. The number of rotatable bonds is 3. The lowest BCUT2D eigenvalue weighted by atomic mass is 9.84. The topological polar surface area (TPSA) is 29.1 Å². The van der Waals surface area contributed by atoms with E-state index in [0.717, 1.165) is 30.5 Å². The maximum absolute atomic E-state index is 11.8. The lowest BCUT2D eigenvalue weighted by molar-refractivity contribution is -0.122. The van der Waals surface area contributed by atoms with Gasteiger partial charge in [-0.25, -0.2) is 0 Å². The van der Waals surface area contributed by atoms with Gasteiger partial charge in [0.15, 0.2) is 0 Å². The molecule has 1 aromatic rings. The highest BCUT2D eigenvalue weighted by molar-refractivity contribution is 5.93. The first kappa shape index (κ1) is 11.2. The van der Waals surface area contributed by atoms with Gasteiger partial charge in [0.1, 0.15) is 0 Å². The van der Waals surface area contributed by atoms with Gasteiger partial charge >= 0.3 is 0 Å². The zero-order chi connectivity index (χ0) is 11.5. The van der Waals surface area contributed by atoms with Crippen molar-refractivity contribution in [2.24, 2.45) is 5.92 Å². The van der Waals surface area contributed by atoms with Gasteiger partial charge in [0.2, 0.25) is 5.91 Å². The molecule has 0 bridgehead atoms. The molecule has 2 heteroatoms. The van der Waals surface area contributed by atoms with Crippen molar-refractivity contribution in [3.8, 4) is 0 Å². The van der Waals surface area contributed by atoms with Gasteiger partial charge in [0, 0.05) is 11.6 Å². The summed E-state index contributed by atoms with van der Waals surface area (Å²) < 4.78 is 0. The standard InChI is InChI=1S/C14H19NO/c1-3-11-8-7-10(2)13(9-11)15-14(16)12-5-4-6-12/h7-9,12H,3-6H2,1-2H3,(H,15,16). The Morgan fingerprint density at radius 2 is 2.19 bits per heavy atom. The lowest BCUT2D eigenvalue weighted by Gasteiger charge is -2.24. The van der Waals surface area contributed by atoms with Gasteiger partial charge in [-0.2, -0.15) is 0 Å². The molecule has 1 aliphatic rings. The van der Waals surface area contributed by atoms with Crippen LogP contribution in [-0.2, 0) is 11.2 Å². The smallest absolute Gasteiger partial charge is 0.227 e. The maximum atomic E-state index is 11.8. The average molecular weight is 217 g/mol. The molecule has 86 valence electrons. The van der Waals surface area contributed by atoms with Crippen molar-refractivity contribution in [1.82, 2.24) is 0 Å². The molecule has 1 fully saturated rings. The molecule has 1 N–H and O–H groups in total. The Kier molecular flexibility index (Phi) is 3.28. The fraction of sp³-hybridized carbons (Fsp3) is 0.500. The highest BCUT2D eigenvalue weighted by Crippen LogP contribution is 2.28. The molecule has 2 rings (SSSR count). The minimum atomic E-state index is 0.197. The van der Waals surface area contributed by atoms with Gasteiger partial charge in [-0.05, 0) is 43.4 Å². The molecule has 16 heavy (non-hydrogen) atoms. The Labute approximate surface area is 97.1 Å². The number of anilines is 1. The van der Waals surface area contributed by atoms with E-state index in [0.29, 0.717) is 0 Å². The van der Waals surface area contributed by atoms with Crippen molar-refractivity contribution in [2.75, 3.05) is 5.32 Å². The number of carbonyl (C=O) groups is 1. The largest absolute Gasteiger partial charge is 0.326 e. The molecule has 0 spiro atoms. The van der Waals surface area contributed by atoms with Crippen molar-refractivity contribution in [3.05, 3.63) is 29.3 Å². The van der Waals surface area contributed by atoms with Gasteiger partial charge in [-0.15, -0.1) is 0 Å². The van der Waals surface area contributed by atoms with E-state index in [-0.39, 0.29) is 11.8 Å². The number of carbonyl (C=O) groups excluding carboxylic acids is 1. The van der Waals surface area contributed by atoms with Crippen LogP contribution < -0.4 is 5.32 Å². The van der Waals surface area contributed by atoms with E-state index in [1.54, 1.807) is 0 Å². The fourth-order valence-corrected chi connectivity index (χ4v) is 1.93. The Morgan fingerprint density at radius 3 is 2.75 bits per heavy atom. The van der Waals surface area contributed by atoms with E-state index in [1.165, 1.54) is 12.0 Å². The van der Waals surface area contributed by atoms with Crippen LogP contribution in [0.2, 0.25) is 0 Å². The highest BCUT2D eigenvalue weighted by atomic mass is 16.1. The van der Waals surface area contributed by atoms with Crippen LogP contribution in [0.15, 0.2) is 18.2 Å². The number of nitrogens with one attached hydrogen (secondary N) is 1. The van der Waals surface area contributed by atoms with Crippen molar-refractivity contribution in [2.45, 2.75) is 39.5 Å². The first-order chi connectivity index (χ1) is 7.70. The highest BCUT2D eigenvalue weighted by Gasteiger charge is 2.25. The Balaban J connectivity index is 2.09. The minimum absolute atomic E-state index is 0.197. The third-order valence-corrected chi connectivity index (χ3v) is 3.44. The summed E-state index contributed by atoms with van der Waals surface area (Å²) in [5, 5.41) is 3.05. The summed E-state index contributed by atoms with van der Waals surface area (Å²) in [4.78, 5) is 11.8. The predicted molar refractivity (Wildman–Crippen MR) is 66.5 cm³/mol. The molecule has 0 heterocycles. The molecular weight excluding hydrogens is 198 g/mol. The molecule has 0 unspecified atom stereocenters. The van der Waals surface area contributed by atoms with Gasteiger partial charge in [-0.3, -0.25) is 4.79 Å². The van der Waals surface area contributed by atoms with Crippen molar-refractivity contribution < 1.29 is 4.79 Å². The number of hydrogen-bond donors (Lipinski definition) is 1. The average Bonchev–Trinajstić information content (AvgIpc) is 2.18. The zero-order valence-corrected chi connectivity index (χ0v) is 10.0. The molecule has 1 saturated carbocycles. The van der Waals surface area contributed by atoms with Crippen molar-refractivity contribution in [3.63, 3.8) is 0 Å². The second-order valence-corrected chi connectivity index (χ2v) is 4.62. The predicted octanol–water partition coefficient (Wildman–Crippen LogP) is 3.30. The summed E-state index contributed by atoms with van der Waals surface area (Å²) in [6.07, 6.45) is 4.31. The SMILES string of the molecule is CCc1ccc(C)c(NC(=O)C2CCC2)c1. The van der Waals surface area contributed by atoms with Crippen LogP contribution in [0.5, 0.6) is 0 Å². The van der Waals surface area contributed by atoms with Crippen LogP contribution in [0.1, 0.15) is 37.3 Å². The molecule has 0 saturated heterocycles. The van der Waals surface area contributed by atoms with Gasteiger partial charge in [0.05, 0.1) is 0 Å². The summed E-state index contributed by atoms with van der Waals surface area (Å²) in [5.41, 5.74) is 3.40. The van der Waals surface area contributed by atoms with Gasteiger partial charge < -0.3 is 5.32 Å². The first-order valence-electron chi connectivity index (χ1n) is 6.11. The van der Waals surface area contributed by atoms with Crippen LogP contribution in [0.4, 0.5) is 5.69 Å². The van der Waals surface area contributed by atoms with Crippen LogP contribution in [-0.4, -0.2) is 5.91 Å². The summed E-state index contributed by atoms with van der Waals surface area (Å²) in [6, 6.07) is 6.29. The molecule has 1 aliphatic carbocycles. The maximum Gasteiger partial charge on any atom is 0.227 e. The number of amides is 1. The summed E-state index contributed by atoms with van der Waals surface area (Å²) in [7, 11) is 0. The molecule has 0 aromatic heterocycles. The normalized spacial score (nSPS) is 15.6. The second kappa shape index (κ2) is 4.69. The molecule has 1 aromatic carbocycles. The second-order valence-electron chi connectivity index (χ2n) is 4.62. The number of benzene rings is 1. The Bertz CT molecular complexity index is 394. The number of aryl methyl sites for hydroxylation is 2. The van der Waals surface area contributed by atoms with Crippen LogP contribution in [0, 0.1) is 12.8 Å². The third kappa shape index (κ3) is 2.26. The van der Waals surface area contributed by atoms with E-state index in [4.69, 9.17) is 0 Å². The molecule has 0 aliphatic heterocycles. The molecule has 1 amide bonds. The Morgan fingerprint density at radius 1 is 1.44 bits per heavy atom. The van der Waals surface area contributed by atoms with Gasteiger partial charge in [0.25, 0.3) is 0 Å². The van der Waals surface area contributed by atoms with Gasteiger partial charge in [-0.1, -0.05) is 25.5 Å². The van der Waals surface area contributed by atoms with Crippen molar-refractivity contribution in [1.29, 1.82) is 0 Å². The molecule has 2 nitrogen and oxygen atoms in total. The quantitative estimate of drug-likeness (QED) is 0.827. The summed E-state index contributed by atoms with van der Waals surface area (Å²) in [6.45, 7) is 4.16. The van der Waals surface area contributed by atoms with E-state index < -0.39 is 0 Å². The van der Waals surface area contributed by atoms with E-state index in [9.17, 15) is 4.79 Å². The zero-order valence-electron chi connectivity index (χ0n) is 10.0. The number of hydrogen-bond acceptors (Lipinski definition) is 1. The van der Waals surface area contributed by atoms with Crippen LogP contribution in [0.3, 0.4) is 0 Å². The minimum Gasteiger partial charge on any atom is -0.326 e. The lowest BCUT2D eigenvalue weighted by Crippen LogP contribution is -2.28. The van der Waals surface area contributed by atoms with E-state index in [1.807, 2.05) is 6.92 Å². The first-order valence-corrected chi connectivity index (χ1v) is 6.11. The summed E-state index contributed by atoms with van der Waals surface area (Å²) in [5.74, 6) is 0.451. The Hall–Kier alpha value is -1.31. The molecular formula is C14H19NO. The van der Waals surface area contributed by atoms with Crippen LogP contribution >= 0.6 is 0 Å². The van der Waals surface area contributed by atoms with Crippen LogP contribution in [0.25, 0.3) is 0 Å². The molecule has 0 atom stereocenters. The van der Waals surface area contributed by atoms with E-state index >= 15 is 0 Å². The molecule has 0 radical (unpaired) electrons.